The second-order valence-electron chi connectivity index (χ2n) is 3.54. The Labute approximate surface area is 121 Å². The van der Waals surface area contributed by atoms with E-state index in [1.807, 2.05) is 0 Å². The minimum atomic E-state index is -0.684. The standard InChI is InChI=1S/C12H13Cl2NO4/c1-3-10(13)19-15(14)11(16)8-4-6-9(7-5-8)12(17)18-2/h4-7,10H,3H2,1-2H3. The Hall–Kier alpha value is -1.30. The number of benzene rings is 1. The first-order valence-corrected chi connectivity index (χ1v) is 6.26. The summed E-state index contributed by atoms with van der Waals surface area (Å²) in [6, 6.07) is 5.81. The minimum Gasteiger partial charge on any atom is -0.465 e. The average Bonchev–Trinajstić information content (AvgIpc) is 2.45. The summed E-state index contributed by atoms with van der Waals surface area (Å²) in [5.41, 5.74) is -0.0803. The molecule has 0 aliphatic carbocycles. The average molecular weight is 306 g/mol. The van der Waals surface area contributed by atoms with Crippen molar-refractivity contribution in [3.63, 3.8) is 0 Å². The van der Waals surface area contributed by atoms with Crippen LogP contribution in [0, 0.1) is 0 Å². The third-order valence-electron chi connectivity index (χ3n) is 2.24. The van der Waals surface area contributed by atoms with Gasteiger partial charge in [0.1, 0.15) is 0 Å². The molecule has 0 aliphatic rings. The molecular weight excluding hydrogens is 293 g/mol. The number of ether oxygens (including phenoxy) is 1. The zero-order chi connectivity index (χ0) is 14.4. The molecule has 0 radical (unpaired) electrons. The molecule has 1 atom stereocenters. The van der Waals surface area contributed by atoms with Gasteiger partial charge in [0.25, 0.3) is 5.91 Å². The molecule has 1 aromatic rings. The van der Waals surface area contributed by atoms with Gasteiger partial charge in [-0.25, -0.2) is 9.63 Å². The van der Waals surface area contributed by atoms with E-state index in [4.69, 9.17) is 28.2 Å². The van der Waals surface area contributed by atoms with Crippen molar-refractivity contribution in [3.05, 3.63) is 35.4 Å². The van der Waals surface area contributed by atoms with E-state index in [9.17, 15) is 9.59 Å². The molecule has 0 fully saturated rings. The summed E-state index contributed by atoms with van der Waals surface area (Å²) in [7, 11) is 1.28. The number of amides is 1. The van der Waals surface area contributed by atoms with Crippen LogP contribution in [-0.4, -0.2) is 29.1 Å². The van der Waals surface area contributed by atoms with Crippen LogP contribution >= 0.6 is 23.4 Å². The Balaban J connectivity index is 2.75. The Morgan fingerprint density at radius 1 is 1.26 bits per heavy atom. The third-order valence-corrected chi connectivity index (χ3v) is 2.86. The lowest BCUT2D eigenvalue weighted by Gasteiger charge is -2.16. The van der Waals surface area contributed by atoms with Crippen molar-refractivity contribution >= 4 is 35.3 Å². The number of halogens is 2. The number of methoxy groups -OCH3 is 1. The van der Waals surface area contributed by atoms with Gasteiger partial charge in [-0.15, -0.1) is 4.58 Å². The topological polar surface area (TPSA) is 55.8 Å². The lowest BCUT2D eigenvalue weighted by molar-refractivity contribution is -0.0756. The molecule has 1 rings (SSSR count). The highest BCUT2D eigenvalue weighted by atomic mass is 35.5. The molecule has 1 aromatic carbocycles. The second-order valence-corrected chi connectivity index (χ2v) is 4.34. The van der Waals surface area contributed by atoms with Gasteiger partial charge in [0.2, 0.25) is 0 Å². The molecule has 104 valence electrons. The van der Waals surface area contributed by atoms with Crippen molar-refractivity contribution in [2.45, 2.75) is 18.9 Å². The number of hydrogen-bond donors (Lipinski definition) is 0. The van der Waals surface area contributed by atoms with Crippen LogP contribution < -0.4 is 0 Å². The molecule has 0 aromatic heterocycles. The van der Waals surface area contributed by atoms with Gasteiger partial charge >= 0.3 is 5.97 Å². The van der Waals surface area contributed by atoms with Crippen molar-refractivity contribution in [3.8, 4) is 0 Å². The summed E-state index contributed by atoms with van der Waals surface area (Å²) in [5, 5.41) is 0. The quantitative estimate of drug-likeness (QED) is 0.363. The lowest BCUT2D eigenvalue weighted by atomic mass is 10.1. The fraction of sp³-hybridized carbons (Fsp3) is 0.333. The fourth-order valence-electron chi connectivity index (χ4n) is 1.19. The van der Waals surface area contributed by atoms with E-state index in [1.54, 1.807) is 6.92 Å². The molecular formula is C12H13Cl2NO4. The van der Waals surface area contributed by atoms with Crippen molar-refractivity contribution in [1.82, 2.24) is 4.58 Å². The Kier molecular flexibility index (Phi) is 6.08. The summed E-state index contributed by atoms with van der Waals surface area (Å²) >= 11 is 11.4. The van der Waals surface area contributed by atoms with E-state index in [0.29, 0.717) is 16.6 Å². The highest BCUT2D eigenvalue weighted by Gasteiger charge is 2.18. The van der Waals surface area contributed by atoms with Crippen LogP contribution in [0.15, 0.2) is 24.3 Å². The van der Waals surface area contributed by atoms with Crippen LogP contribution in [-0.2, 0) is 9.57 Å². The molecule has 1 unspecified atom stereocenters. The van der Waals surface area contributed by atoms with Crippen molar-refractivity contribution in [1.29, 1.82) is 0 Å². The van der Waals surface area contributed by atoms with Gasteiger partial charge in [-0.1, -0.05) is 18.5 Å². The number of alkyl halides is 1. The number of rotatable bonds is 5. The van der Waals surface area contributed by atoms with Crippen LogP contribution in [0.5, 0.6) is 0 Å². The van der Waals surface area contributed by atoms with Crippen LogP contribution in [0.25, 0.3) is 0 Å². The van der Waals surface area contributed by atoms with E-state index in [1.165, 1.54) is 31.4 Å². The first kappa shape index (κ1) is 15.8. The van der Waals surface area contributed by atoms with E-state index in [0.717, 1.165) is 0 Å². The third kappa shape index (κ3) is 4.38. The van der Waals surface area contributed by atoms with E-state index in [-0.39, 0.29) is 5.56 Å². The first-order chi connectivity index (χ1) is 8.99. The van der Waals surface area contributed by atoms with Crippen LogP contribution in [0.4, 0.5) is 0 Å². The summed E-state index contributed by atoms with van der Waals surface area (Å²) < 4.78 is 5.10. The summed E-state index contributed by atoms with van der Waals surface area (Å²) in [6.45, 7) is 1.79. The minimum absolute atomic E-state index is 0.266. The van der Waals surface area contributed by atoms with Gasteiger partial charge < -0.3 is 4.74 Å². The van der Waals surface area contributed by atoms with Crippen molar-refractivity contribution in [2.24, 2.45) is 0 Å². The molecule has 0 saturated heterocycles. The monoisotopic (exact) mass is 305 g/mol. The Bertz CT molecular complexity index is 450. The molecule has 0 bridgehead atoms. The predicted octanol–water partition coefficient (Wildman–Crippen LogP) is 2.98. The molecule has 0 aliphatic heterocycles. The normalized spacial score (nSPS) is 11.8. The second kappa shape index (κ2) is 7.33. The molecule has 0 spiro atoms. The number of carbonyl (C=O) groups is 2. The Morgan fingerprint density at radius 2 is 1.79 bits per heavy atom. The van der Waals surface area contributed by atoms with E-state index >= 15 is 0 Å². The summed E-state index contributed by atoms with van der Waals surface area (Å²) in [4.78, 5) is 28.0. The molecule has 7 heteroatoms. The molecule has 0 saturated carbocycles. The molecule has 0 heterocycles. The molecule has 5 nitrogen and oxygen atoms in total. The number of esters is 1. The fourth-order valence-corrected chi connectivity index (χ4v) is 1.51. The van der Waals surface area contributed by atoms with Gasteiger partial charge in [-0.3, -0.25) is 4.79 Å². The molecule has 1 amide bonds. The number of carbonyl (C=O) groups excluding carboxylic acids is 2. The predicted molar refractivity (Wildman–Crippen MR) is 70.8 cm³/mol. The van der Waals surface area contributed by atoms with Gasteiger partial charge in [-0.05, 0) is 30.7 Å². The van der Waals surface area contributed by atoms with E-state index in [2.05, 4.69) is 4.74 Å². The maximum atomic E-state index is 11.8. The van der Waals surface area contributed by atoms with Crippen molar-refractivity contribution in [2.75, 3.05) is 7.11 Å². The molecule has 19 heavy (non-hydrogen) atoms. The van der Waals surface area contributed by atoms with Crippen LogP contribution in [0.3, 0.4) is 0 Å². The Morgan fingerprint density at radius 3 is 2.26 bits per heavy atom. The summed E-state index contributed by atoms with van der Waals surface area (Å²) in [5.74, 6) is -1.05. The smallest absolute Gasteiger partial charge is 0.337 e. The lowest BCUT2D eigenvalue weighted by Crippen LogP contribution is -2.25. The first-order valence-electron chi connectivity index (χ1n) is 5.49. The van der Waals surface area contributed by atoms with Crippen molar-refractivity contribution < 1.29 is 19.2 Å². The van der Waals surface area contributed by atoms with Crippen LogP contribution in [0.1, 0.15) is 34.1 Å². The van der Waals surface area contributed by atoms with Gasteiger partial charge in [0, 0.05) is 17.3 Å². The van der Waals surface area contributed by atoms with Gasteiger partial charge in [0.05, 0.1) is 12.7 Å². The highest BCUT2D eigenvalue weighted by molar-refractivity contribution is 6.24. The number of nitrogens with zero attached hydrogens (tertiary/aromatic N) is 1. The zero-order valence-electron chi connectivity index (χ0n) is 10.4. The molecule has 0 N–H and O–H groups in total. The maximum absolute atomic E-state index is 11.8. The highest BCUT2D eigenvalue weighted by Crippen LogP contribution is 2.14. The zero-order valence-corrected chi connectivity index (χ0v) is 11.9. The maximum Gasteiger partial charge on any atom is 0.337 e. The van der Waals surface area contributed by atoms with Crippen LogP contribution in [0.2, 0.25) is 0 Å². The SMILES string of the molecule is CCC(Cl)ON(Cl)C(=O)c1ccc(C(=O)OC)cc1. The van der Waals surface area contributed by atoms with E-state index < -0.39 is 17.4 Å². The summed E-state index contributed by atoms with van der Waals surface area (Å²) in [6.07, 6.45) is 0.499. The van der Waals surface area contributed by atoms with Gasteiger partial charge in [0.15, 0.2) is 5.56 Å². The van der Waals surface area contributed by atoms with Gasteiger partial charge in [-0.2, -0.15) is 0 Å². The number of hydroxylamine groups is 1. The largest absolute Gasteiger partial charge is 0.465 e. The number of hydrogen-bond acceptors (Lipinski definition) is 4.